The van der Waals surface area contributed by atoms with Crippen molar-refractivity contribution in [3.05, 3.63) is 11.6 Å². The van der Waals surface area contributed by atoms with Gasteiger partial charge in [0.2, 0.25) is 0 Å². The summed E-state index contributed by atoms with van der Waals surface area (Å²) < 4.78 is 0. The van der Waals surface area contributed by atoms with Crippen molar-refractivity contribution < 1.29 is 15.0 Å². The number of aliphatic hydroxyl groups excluding tert-OH is 1. The maximum absolute atomic E-state index is 12.9. The lowest BCUT2D eigenvalue weighted by Gasteiger charge is -2.71. The molecule has 2 N–H and O–H groups in total. The molecule has 0 saturated heterocycles. The highest BCUT2D eigenvalue weighted by Crippen LogP contribution is 2.75. The molecule has 0 aliphatic heterocycles. The second-order valence-corrected chi connectivity index (χ2v) is 14.5. The Morgan fingerprint density at radius 3 is 2.30 bits per heavy atom. The average Bonchev–Trinajstić information content (AvgIpc) is 2.74. The van der Waals surface area contributed by atoms with E-state index in [4.69, 9.17) is 0 Å². The highest BCUT2D eigenvalue weighted by Gasteiger charge is 2.70. The highest BCUT2D eigenvalue weighted by molar-refractivity contribution is 5.76. The molecule has 5 aliphatic rings. The van der Waals surface area contributed by atoms with Gasteiger partial charge in [0.1, 0.15) is 0 Å². The first-order valence-electron chi connectivity index (χ1n) is 13.9. The van der Waals surface area contributed by atoms with Crippen LogP contribution in [0.1, 0.15) is 106 Å². The van der Waals surface area contributed by atoms with Crippen LogP contribution in [0.4, 0.5) is 0 Å². The summed E-state index contributed by atoms with van der Waals surface area (Å²) in [4.78, 5) is 12.9. The van der Waals surface area contributed by atoms with Gasteiger partial charge in [0.25, 0.3) is 0 Å². The summed E-state index contributed by atoms with van der Waals surface area (Å²) in [5.74, 6) is 1.88. The molecule has 5 rings (SSSR count). The van der Waals surface area contributed by atoms with Gasteiger partial charge >= 0.3 is 5.97 Å². The van der Waals surface area contributed by atoms with E-state index in [0.717, 1.165) is 51.4 Å². The topological polar surface area (TPSA) is 57.5 Å². The Morgan fingerprint density at radius 2 is 1.64 bits per heavy atom. The van der Waals surface area contributed by atoms with Gasteiger partial charge in [-0.05, 0) is 109 Å². The number of aliphatic carboxylic acids is 1. The SMILES string of the molecule is CC1CCC2(C(=O)O)CCC3(C)C4=CCC5C(C)(C)C(O)CCC5(C)C4CCC3(C)C2C1C. The predicted octanol–water partition coefficient (Wildman–Crippen LogP) is 7.09. The summed E-state index contributed by atoms with van der Waals surface area (Å²) in [6.07, 6.45) is 11.6. The summed E-state index contributed by atoms with van der Waals surface area (Å²) in [7, 11) is 0. The van der Waals surface area contributed by atoms with Crippen molar-refractivity contribution in [3.8, 4) is 0 Å². The smallest absolute Gasteiger partial charge is 0.309 e. The fourth-order valence-electron chi connectivity index (χ4n) is 10.9. The van der Waals surface area contributed by atoms with E-state index in [1.165, 1.54) is 6.42 Å². The Labute approximate surface area is 201 Å². The Kier molecular flexibility index (Phi) is 5.15. The van der Waals surface area contributed by atoms with Crippen molar-refractivity contribution in [2.75, 3.05) is 0 Å². The number of rotatable bonds is 1. The van der Waals surface area contributed by atoms with E-state index in [9.17, 15) is 15.0 Å². The lowest BCUT2D eigenvalue weighted by Crippen LogP contribution is -2.66. The van der Waals surface area contributed by atoms with Crippen molar-refractivity contribution in [1.29, 1.82) is 0 Å². The van der Waals surface area contributed by atoms with Crippen LogP contribution in [0.5, 0.6) is 0 Å². The number of fused-ring (bicyclic) bond motifs is 7. The molecule has 3 heteroatoms. The summed E-state index contributed by atoms with van der Waals surface area (Å²) in [5.41, 5.74) is 1.45. The van der Waals surface area contributed by atoms with Gasteiger partial charge in [0, 0.05) is 0 Å². The monoisotopic (exact) mass is 456 g/mol. The lowest BCUT2D eigenvalue weighted by molar-refractivity contribution is -0.206. The van der Waals surface area contributed by atoms with Gasteiger partial charge in [-0.3, -0.25) is 4.79 Å². The van der Waals surface area contributed by atoms with Crippen LogP contribution in [0.2, 0.25) is 0 Å². The number of carboxylic acids is 1. The van der Waals surface area contributed by atoms with E-state index in [1.807, 2.05) is 0 Å². The first-order chi connectivity index (χ1) is 15.3. The van der Waals surface area contributed by atoms with Crippen LogP contribution in [0.15, 0.2) is 11.6 Å². The zero-order valence-electron chi connectivity index (χ0n) is 22.2. The summed E-state index contributed by atoms with van der Waals surface area (Å²) in [6, 6.07) is 0. The Hall–Kier alpha value is -0.830. The molecule has 33 heavy (non-hydrogen) atoms. The molecule has 0 amide bonds. The molecule has 10 atom stereocenters. The minimum atomic E-state index is -0.536. The van der Waals surface area contributed by atoms with E-state index >= 15 is 0 Å². The maximum atomic E-state index is 12.9. The molecule has 4 fully saturated rings. The van der Waals surface area contributed by atoms with Crippen LogP contribution in [-0.2, 0) is 4.79 Å². The van der Waals surface area contributed by atoms with Crippen LogP contribution < -0.4 is 0 Å². The number of aliphatic hydroxyl groups is 1. The molecule has 5 aliphatic carbocycles. The van der Waals surface area contributed by atoms with Gasteiger partial charge in [-0.25, -0.2) is 0 Å². The second-order valence-electron chi connectivity index (χ2n) is 14.5. The first kappa shape index (κ1) is 23.9. The fraction of sp³-hybridized carbons (Fsp3) is 0.900. The minimum absolute atomic E-state index is 0.0347. The van der Waals surface area contributed by atoms with Gasteiger partial charge < -0.3 is 10.2 Å². The lowest BCUT2D eigenvalue weighted by atomic mass is 9.33. The van der Waals surface area contributed by atoms with Crippen molar-refractivity contribution in [1.82, 2.24) is 0 Å². The Morgan fingerprint density at radius 1 is 0.939 bits per heavy atom. The van der Waals surface area contributed by atoms with Gasteiger partial charge in [0.15, 0.2) is 0 Å². The molecule has 0 aromatic heterocycles. The molecule has 4 saturated carbocycles. The molecule has 0 radical (unpaired) electrons. The van der Waals surface area contributed by atoms with Crippen LogP contribution in [0.25, 0.3) is 0 Å². The molecule has 0 aromatic rings. The number of hydrogen-bond acceptors (Lipinski definition) is 2. The molecule has 10 unspecified atom stereocenters. The zero-order valence-corrected chi connectivity index (χ0v) is 22.2. The molecule has 186 valence electrons. The number of carboxylic acid groups (broad SMARTS) is 1. The van der Waals surface area contributed by atoms with Crippen LogP contribution in [0.3, 0.4) is 0 Å². The van der Waals surface area contributed by atoms with E-state index in [1.54, 1.807) is 5.57 Å². The normalized spacial score (nSPS) is 55.3. The fourth-order valence-corrected chi connectivity index (χ4v) is 10.9. The minimum Gasteiger partial charge on any atom is -0.481 e. The van der Waals surface area contributed by atoms with E-state index in [2.05, 4.69) is 54.5 Å². The van der Waals surface area contributed by atoms with Crippen molar-refractivity contribution >= 4 is 5.97 Å². The van der Waals surface area contributed by atoms with Crippen LogP contribution >= 0.6 is 0 Å². The van der Waals surface area contributed by atoms with E-state index in [0.29, 0.717) is 23.7 Å². The molecular weight excluding hydrogens is 408 g/mol. The quantitative estimate of drug-likeness (QED) is 0.414. The van der Waals surface area contributed by atoms with Crippen molar-refractivity contribution in [3.63, 3.8) is 0 Å². The van der Waals surface area contributed by atoms with E-state index in [-0.39, 0.29) is 33.7 Å². The largest absolute Gasteiger partial charge is 0.481 e. The maximum Gasteiger partial charge on any atom is 0.309 e. The van der Waals surface area contributed by atoms with Gasteiger partial charge in [-0.15, -0.1) is 0 Å². The Balaban J connectivity index is 1.61. The third-order valence-electron chi connectivity index (χ3n) is 13.4. The summed E-state index contributed by atoms with van der Waals surface area (Å²) in [5, 5.41) is 21.4. The van der Waals surface area contributed by atoms with Crippen LogP contribution in [-0.4, -0.2) is 22.3 Å². The van der Waals surface area contributed by atoms with Gasteiger partial charge in [0.05, 0.1) is 11.5 Å². The molecule has 3 nitrogen and oxygen atoms in total. The third-order valence-corrected chi connectivity index (χ3v) is 13.4. The second kappa shape index (κ2) is 7.11. The van der Waals surface area contributed by atoms with Crippen molar-refractivity contribution in [2.45, 2.75) is 112 Å². The number of hydrogen-bond donors (Lipinski definition) is 2. The Bertz CT molecular complexity index is 874. The standard InChI is InChI=1S/C30H48O3/c1-18-10-15-30(25(32)33)17-16-28(6)21-8-9-22-26(3,4)23(31)12-13-27(22,5)20(21)11-14-29(28,7)24(30)19(18)2/h8,18-20,22-24,31H,9-17H2,1-7H3,(H,32,33). The predicted molar refractivity (Wildman–Crippen MR) is 133 cm³/mol. The third kappa shape index (κ3) is 2.75. The number of carbonyl (C=O) groups is 1. The zero-order chi connectivity index (χ0) is 24.2. The molecule has 0 bridgehead atoms. The van der Waals surface area contributed by atoms with Gasteiger partial charge in [-0.2, -0.15) is 0 Å². The van der Waals surface area contributed by atoms with Crippen LogP contribution in [0, 0.1) is 56.7 Å². The molecular formula is C30H48O3. The summed E-state index contributed by atoms with van der Waals surface area (Å²) >= 11 is 0. The molecule has 0 aromatic carbocycles. The summed E-state index contributed by atoms with van der Waals surface area (Å²) in [6.45, 7) is 16.9. The van der Waals surface area contributed by atoms with Crippen molar-refractivity contribution in [2.24, 2.45) is 56.7 Å². The molecule has 0 spiro atoms. The highest BCUT2D eigenvalue weighted by atomic mass is 16.4. The van der Waals surface area contributed by atoms with Gasteiger partial charge in [-0.1, -0.05) is 60.1 Å². The molecule has 0 heterocycles. The average molecular weight is 457 g/mol. The first-order valence-corrected chi connectivity index (χ1v) is 13.9. The number of allylic oxidation sites excluding steroid dienone is 2. The van der Waals surface area contributed by atoms with E-state index < -0.39 is 11.4 Å².